The summed E-state index contributed by atoms with van der Waals surface area (Å²) in [4.78, 5) is 9.85. The van der Waals surface area contributed by atoms with Crippen molar-refractivity contribution >= 4 is 10.9 Å². The molecule has 78 valence electrons. The first-order chi connectivity index (χ1) is 7.33. The van der Waals surface area contributed by atoms with E-state index in [-0.39, 0.29) is 0 Å². The molecule has 0 aliphatic carbocycles. The third-order valence-corrected chi connectivity index (χ3v) is 3.10. The van der Waals surface area contributed by atoms with E-state index in [1.807, 2.05) is 12.4 Å². The van der Waals surface area contributed by atoms with E-state index in [0.29, 0.717) is 0 Å². The van der Waals surface area contributed by atoms with Gasteiger partial charge in [0.05, 0.1) is 11.7 Å². The van der Waals surface area contributed by atoms with Gasteiger partial charge < -0.3 is 4.98 Å². The zero-order valence-corrected chi connectivity index (χ0v) is 8.90. The molecular weight excluding hydrogens is 186 g/mol. The van der Waals surface area contributed by atoms with Gasteiger partial charge in [-0.1, -0.05) is 6.92 Å². The minimum Gasteiger partial charge on any atom is -0.360 e. The Morgan fingerprint density at radius 2 is 2.40 bits per heavy atom. The van der Waals surface area contributed by atoms with Crippen molar-refractivity contribution in [2.75, 3.05) is 13.1 Å². The van der Waals surface area contributed by atoms with Crippen molar-refractivity contribution in [3.05, 3.63) is 30.2 Å². The summed E-state index contributed by atoms with van der Waals surface area (Å²) >= 11 is 0. The van der Waals surface area contributed by atoms with Crippen LogP contribution in [0.2, 0.25) is 0 Å². The maximum atomic E-state index is 4.11. The quantitative estimate of drug-likeness (QED) is 0.806. The Morgan fingerprint density at radius 1 is 1.53 bits per heavy atom. The number of aromatic amines is 1. The van der Waals surface area contributed by atoms with Crippen molar-refractivity contribution in [3.63, 3.8) is 0 Å². The highest BCUT2D eigenvalue weighted by Gasteiger charge is 2.22. The van der Waals surface area contributed by atoms with Crippen LogP contribution in [0.1, 0.15) is 12.5 Å². The molecule has 0 amide bonds. The SMILES string of the molecule is CC1CN(Cc2c[nH]c3cnccc23)C1. The van der Waals surface area contributed by atoms with Crippen LogP contribution in [0.15, 0.2) is 24.7 Å². The first-order valence-electron chi connectivity index (χ1n) is 5.45. The van der Waals surface area contributed by atoms with E-state index in [1.165, 1.54) is 24.0 Å². The molecule has 0 spiro atoms. The van der Waals surface area contributed by atoms with Crippen LogP contribution >= 0.6 is 0 Å². The molecule has 1 aliphatic heterocycles. The van der Waals surface area contributed by atoms with Crippen molar-refractivity contribution in [2.45, 2.75) is 13.5 Å². The van der Waals surface area contributed by atoms with Gasteiger partial charge in [0.2, 0.25) is 0 Å². The van der Waals surface area contributed by atoms with Gasteiger partial charge in [0, 0.05) is 37.4 Å². The molecule has 1 saturated heterocycles. The number of aromatic nitrogens is 2. The van der Waals surface area contributed by atoms with Crippen LogP contribution in [0, 0.1) is 5.92 Å². The minimum absolute atomic E-state index is 0.872. The second-order valence-corrected chi connectivity index (χ2v) is 4.53. The lowest BCUT2D eigenvalue weighted by Crippen LogP contribution is -2.44. The van der Waals surface area contributed by atoms with Gasteiger partial charge in [0.1, 0.15) is 0 Å². The topological polar surface area (TPSA) is 31.9 Å². The molecule has 0 radical (unpaired) electrons. The monoisotopic (exact) mass is 201 g/mol. The molecule has 3 nitrogen and oxygen atoms in total. The average molecular weight is 201 g/mol. The van der Waals surface area contributed by atoms with Crippen LogP contribution < -0.4 is 0 Å². The average Bonchev–Trinajstić information content (AvgIpc) is 2.60. The highest BCUT2D eigenvalue weighted by molar-refractivity contribution is 5.82. The van der Waals surface area contributed by atoms with Gasteiger partial charge in [-0.05, 0) is 17.5 Å². The fourth-order valence-electron chi connectivity index (χ4n) is 2.36. The van der Waals surface area contributed by atoms with Crippen molar-refractivity contribution in [1.29, 1.82) is 0 Å². The molecule has 1 N–H and O–H groups in total. The van der Waals surface area contributed by atoms with E-state index in [1.54, 1.807) is 0 Å². The predicted octanol–water partition coefficient (Wildman–Crippen LogP) is 2.01. The van der Waals surface area contributed by atoms with Gasteiger partial charge in [-0.25, -0.2) is 0 Å². The van der Waals surface area contributed by atoms with Crippen LogP contribution in [0.4, 0.5) is 0 Å². The second-order valence-electron chi connectivity index (χ2n) is 4.53. The van der Waals surface area contributed by atoms with E-state index in [9.17, 15) is 0 Å². The first-order valence-corrected chi connectivity index (χ1v) is 5.45. The summed E-state index contributed by atoms with van der Waals surface area (Å²) in [5.41, 5.74) is 2.53. The molecule has 15 heavy (non-hydrogen) atoms. The lowest BCUT2D eigenvalue weighted by molar-refractivity contribution is 0.105. The summed E-state index contributed by atoms with van der Waals surface area (Å²) in [5.74, 6) is 0.872. The summed E-state index contributed by atoms with van der Waals surface area (Å²) < 4.78 is 0. The Morgan fingerprint density at radius 3 is 3.20 bits per heavy atom. The third kappa shape index (κ3) is 1.53. The zero-order chi connectivity index (χ0) is 10.3. The summed E-state index contributed by atoms with van der Waals surface area (Å²) in [6, 6.07) is 2.09. The normalized spacial score (nSPS) is 18.2. The Kier molecular flexibility index (Phi) is 1.99. The predicted molar refractivity (Wildman–Crippen MR) is 60.5 cm³/mol. The lowest BCUT2D eigenvalue weighted by Gasteiger charge is -2.37. The number of hydrogen-bond donors (Lipinski definition) is 1. The van der Waals surface area contributed by atoms with Gasteiger partial charge in [0.15, 0.2) is 0 Å². The summed E-state index contributed by atoms with van der Waals surface area (Å²) in [5, 5.41) is 1.31. The highest BCUT2D eigenvalue weighted by atomic mass is 15.2. The highest BCUT2D eigenvalue weighted by Crippen LogP contribution is 2.22. The number of rotatable bonds is 2. The minimum atomic E-state index is 0.872. The number of fused-ring (bicyclic) bond motifs is 1. The maximum Gasteiger partial charge on any atom is 0.0643 e. The fraction of sp³-hybridized carbons (Fsp3) is 0.417. The van der Waals surface area contributed by atoms with Gasteiger partial charge in [-0.2, -0.15) is 0 Å². The summed E-state index contributed by atoms with van der Waals surface area (Å²) in [7, 11) is 0. The van der Waals surface area contributed by atoms with E-state index >= 15 is 0 Å². The fourth-order valence-corrected chi connectivity index (χ4v) is 2.36. The summed E-state index contributed by atoms with van der Waals surface area (Å²) in [6.45, 7) is 5.83. The number of pyridine rings is 1. The molecule has 0 unspecified atom stereocenters. The molecule has 3 rings (SSSR count). The molecule has 3 heterocycles. The Hall–Kier alpha value is -1.35. The molecule has 2 aromatic heterocycles. The smallest absolute Gasteiger partial charge is 0.0643 e. The van der Waals surface area contributed by atoms with Crippen LogP contribution in [0.25, 0.3) is 10.9 Å². The Labute approximate surface area is 89.1 Å². The number of H-pyrrole nitrogens is 1. The van der Waals surface area contributed by atoms with Gasteiger partial charge in [-0.15, -0.1) is 0 Å². The van der Waals surface area contributed by atoms with Crippen molar-refractivity contribution in [2.24, 2.45) is 5.92 Å². The van der Waals surface area contributed by atoms with E-state index in [2.05, 4.69) is 34.1 Å². The Balaban J connectivity index is 1.85. The maximum absolute atomic E-state index is 4.11. The second kappa shape index (κ2) is 3.35. The molecule has 0 atom stereocenters. The molecule has 1 aliphatic rings. The van der Waals surface area contributed by atoms with E-state index < -0.39 is 0 Å². The third-order valence-electron chi connectivity index (χ3n) is 3.10. The number of likely N-dealkylation sites (tertiary alicyclic amines) is 1. The van der Waals surface area contributed by atoms with Crippen molar-refractivity contribution in [1.82, 2.24) is 14.9 Å². The molecular formula is C12H15N3. The van der Waals surface area contributed by atoms with E-state index in [4.69, 9.17) is 0 Å². The van der Waals surface area contributed by atoms with Crippen molar-refractivity contribution < 1.29 is 0 Å². The summed E-state index contributed by atoms with van der Waals surface area (Å²) in [6.07, 6.45) is 5.85. The largest absolute Gasteiger partial charge is 0.360 e. The molecule has 0 aromatic carbocycles. The number of hydrogen-bond acceptors (Lipinski definition) is 2. The zero-order valence-electron chi connectivity index (χ0n) is 8.90. The van der Waals surface area contributed by atoms with E-state index in [0.717, 1.165) is 18.0 Å². The Bertz CT molecular complexity index is 468. The lowest BCUT2D eigenvalue weighted by atomic mass is 10.0. The molecule has 0 saturated carbocycles. The van der Waals surface area contributed by atoms with Crippen LogP contribution in [0.5, 0.6) is 0 Å². The van der Waals surface area contributed by atoms with Crippen LogP contribution in [0.3, 0.4) is 0 Å². The first kappa shape index (κ1) is 8.92. The van der Waals surface area contributed by atoms with Gasteiger partial charge >= 0.3 is 0 Å². The number of nitrogens with one attached hydrogen (secondary N) is 1. The molecule has 3 heteroatoms. The molecule has 0 bridgehead atoms. The van der Waals surface area contributed by atoms with Crippen molar-refractivity contribution in [3.8, 4) is 0 Å². The van der Waals surface area contributed by atoms with Crippen LogP contribution in [-0.4, -0.2) is 28.0 Å². The standard InChI is InChI=1S/C12H15N3/c1-9-6-15(7-9)8-10-4-14-12-5-13-3-2-11(10)12/h2-5,9,14H,6-8H2,1H3. The molecule has 2 aromatic rings. The molecule has 1 fully saturated rings. The van der Waals surface area contributed by atoms with Crippen LogP contribution in [-0.2, 0) is 6.54 Å². The van der Waals surface area contributed by atoms with Gasteiger partial charge in [0.25, 0.3) is 0 Å². The number of nitrogens with zero attached hydrogens (tertiary/aromatic N) is 2. The van der Waals surface area contributed by atoms with Gasteiger partial charge in [-0.3, -0.25) is 9.88 Å².